The van der Waals surface area contributed by atoms with Gasteiger partial charge in [0.2, 0.25) is 5.88 Å². The summed E-state index contributed by atoms with van der Waals surface area (Å²) in [6.45, 7) is 2.48. The summed E-state index contributed by atoms with van der Waals surface area (Å²) in [7, 11) is 0. The molecule has 0 aromatic carbocycles. The smallest absolute Gasteiger partial charge is 0.232 e. The Kier molecular flexibility index (Phi) is 3.47. The zero-order chi connectivity index (χ0) is 8.81. The number of aliphatic hydroxyl groups excluding tert-OH is 1. The number of nitrogens with zero attached hydrogens (tertiary/aromatic N) is 2. The van der Waals surface area contributed by atoms with Crippen molar-refractivity contribution in [2.45, 2.75) is 13.3 Å². The third-order valence-electron chi connectivity index (χ3n) is 1.31. The highest BCUT2D eigenvalue weighted by Gasteiger charge is 1.93. The molecule has 12 heavy (non-hydrogen) atoms. The molecule has 66 valence electrons. The van der Waals surface area contributed by atoms with Gasteiger partial charge < -0.3 is 9.84 Å². The quantitative estimate of drug-likeness (QED) is 0.667. The van der Waals surface area contributed by atoms with E-state index < -0.39 is 0 Å². The van der Waals surface area contributed by atoms with Gasteiger partial charge in [0.1, 0.15) is 0 Å². The summed E-state index contributed by atoms with van der Waals surface area (Å²) in [5.41, 5.74) is 0.865. The summed E-state index contributed by atoms with van der Waals surface area (Å²) in [5, 5.41) is 8.47. The molecule has 0 radical (unpaired) electrons. The highest BCUT2D eigenvalue weighted by Crippen LogP contribution is 2.02. The molecule has 1 aromatic rings. The molecule has 1 rings (SSSR count). The van der Waals surface area contributed by atoms with Crippen molar-refractivity contribution in [1.82, 2.24) is 9.97 Å². The predicted molar refractivity (Wildman–Crippen MR) is 44.0 cm³/mol. The van der Waals surface area contributed by atoms with Gasteiger partial charge in [-0.25, -0.2) is 4.98 Å². The Morgan fingerprint density at radius 1 is 1.42 bits per heavy atom. The first kappa shape index (κ1) is 8.93. The second-order valence-electron chi connectivity index (χ2n) is 2.42. The number of hydrogen-bond donors (Lipinski definition) is 1. The van der Waals surface area contributed by atoms with Crippen LogP contribution in [0.5, 0.6) is 5.88 Å². The van der Waals surface area contributed by atoms with E-state index in [0.717, 1.165) is 5.69 Å². The van der Waals surface area contributed by atoms with Crippen LogP contribution in [0.15, 0.2) is 12.4 Å². The molecule has 0 saturated carbocycles. The van der Waals surface area contributed by atoms with Gasteiger partial charge in [0, 0.05) is 13.0 Å². The van der Waals surface area contributed by atoms with Crippen molar-refractivity contribution >= 4 is 0 Å². The van der Waals surface area contributed by atoms with Gasteiger partial charge >= 0.3 is 0 Å². The van der Waals surface area contributed by atoms with Gasteiger partial charge in [0.25, 0.3) is 0 Å². The van der Waals surface area contributed by atoms with Crippen LogP contribution in [0.2, 0.25) is 0 Å². The number of aryl methyl sites for hydroxylation is 1. The molecule has 0 aliphatic carbocycles. The lowest BCUT2D eigenvalue weighted by molar-refractivity contribution is 0.228. The van der Waals surface area contributed by atoms with Gasteiger partial charge in [-0.1, -0.05) is 0 Å². The van der Waals surface area contributed by atoms with Gasteiger partial charge in [-0.3, -0.25) is 4.98 Å². The molecule has 0 aliphatic rings. The summed E-state index contributed by atoms with van der Waals surface area (Å²) < 4.78 is 5.17. The molecule has 0 aliphatic heterocycles. The Morgan fingerprint density at radius 3 is 2.83 bits per heavy atom. The fraction of sp³-hybridized carbons (Fsp3) is 0.500. The molecule has 1 N–H and O–H groups in total. The van der Waals surface area contributed by atoms with E-state index in [-0.39, 0.29) is 6.61 Å². The van der Waals surface area contributed by atoms with Crippen LogP contribution < -0.4 is 4.74 Å². The van der Waals surface area contributed by atoms with Gasteiger partial charge in [0.05, 0.1) is 24.7 Å². The Labute approximate surface area is 71.2 Å². The Hall–Kier alpha value is -1.16. The zero-order valence-electron chi connectivity index (χ0n) is 7.03. The maximum absolute atomic E-state index is 8.47. The Bertz CT molecular complexity index is 223. The standard InChI is InChI=1S/C8H12N2O2/c1-7-5-10-8(6-9-7)12-4-2-3-11/h5-6,11H,2-4H2,1H3. The summed E-state index contributed by atoms with van der Waals surface area (Å²) in [4.78, 5) is 7.99. The van der Waals surface area contributed by atoms with Crippen molar-refractivity contribution in [1.29, 1.82) is 0 Å². The lowest BCUT2D eigenvalue weighted by Crippen LogP contribution is -2.01. The molecule has 4 heteroatoms. The first-order valence-electron chi connectivity index (χ1n) is 3.85. The van der Waals surface area contributed by atoms with Crippen LogP contribution in [0.25, 0.3) is 0 Å². The molecule has 0 unspecified atom stereocenters. The molecule has 0 saturated heterocycles. The van der Waals surface area contributed by atoms with Crippen LogP contribution in [0.4, 0.5) is 0 Å². The van der Waals surface area contributed by atoms with Crippen molar-refractivity contribution in [2.75, 3.05) is 13.2 Å². The van der Waals surface area contributed by atoms with Crippen molar-refractivity contribution in [3.63, 3.8) is 0 Å². The fourth-order valence-corrected chi connectivity index (χ4v) is 0.697. The fourth-order valence-electron chi connectivity index (χ4n) is 0.697. The van der Waals surface area contributed by atoms with E-state index in [2.05, 4.69) is 9.97 Å². The van der Waals surface area contributed by atoms with E-state index in [0.29, 0.717) is 18.9 Å². The number of aliphatic hydroxyl groups is 1. The molecule has 0 amide bonds. The molecule has 4 nitrogen and oxygen atoms in total. The molecule has 0 spiro atoms. The Morgan fingerprint density at radius 2 is 2.25 bits per heavy atom. The van der Waals surface area contributed by atoms with Gasteiger partial charge in [-0.05, 0) is 6.92 Å². The van der Waals surface area contributed by atoms with Crippen LogP contribution in [0.3, 0.4) is 0 Å². The lowest BCUT2D eigenvalue weighted by atomic mass is 10.5. The van der Waals surface area contributed by atoms with Gasteiger partial charge in [-0.15, -0.1) is 0 Å². The maximum Gasteiger partial charge on any atom is 0.232 e. The molecule has 1 aromatic heterocycles. The van der Waals surface area contributed by atoms with Crippen LogP contribution in [0.1, 0.15) is 12.1 Å². The number of hydrogen-bond acceptors (Lipinski definition) is 4. The van der Waals surface area contributed by atoms with Crippen LogP contribution >= 0.6 is 0 Å². The molecule has 1 heterocycles. The zero-order valence-corrected chi connectivity index (χ0v) is 7.03. The summed E-state index contributed by atoms with van der Waals surface area (Å²) in [6.07, 6.45) is 3.84. The van der Waals surface area contributed by atoms with Gasteiger partial charge in [-0.2, -0.15) is 0 Å². The lowest BCUT2D eigenvalue weighted by Gasteiger charge is -2.02. The van der Waals surface area contributed by atoms with E-state index >= 15 is 0 Å². The minimum Gasteiger partial charge on any atom is -0.476 e. The molecule has 0 atom stereocenters. The van der Waals surface area contributed by atoms with Crippen LogP contribution in [-0.4, -0.2) is 28.3 Å². The summed E-state index contributed by atoms with van der Waals surface area (Å²) in [6, 6.07) is 0. The van der Waals surface area contributed by atoms with Crippen molar-refractivity contribution in [2.24, 2.45) is 0 Å². The monoisotopic (exact) mass is 168 g/mol. The van der Waals surface area contributed by atoms with Crippen molar-refractivity contribution in [3.05, 3.63) is 18.1 Å². The second kappa shape index (κ2) is 4.66. The number of aromatic nitrogens is 2. The highest BCUT2D eigenvalue weighted by atomic mass is 16.5. The highest BCUT2D eigenvalue weighted by molar-refractivity contribution is 5.05. The molecular formula is C8H12N2O2. The van der Waals surface area contributed by atoms with E-state index in [9.17, 15) is 0 Å². The minimum absolute atomic E-state index is 0.138. The maximum atomic E-state index is 8.47. The first-order valence-corrected chi connectivity index (χ1v) is 3.85. The summed E-state index contributed by atoms with van der Waals surface area (Å²) in [5.74, 6) is 0.508. The van der Waals surface area contributed by atoms with Crippen molar-refractivity contribution < 1.29 is 9.84 Å². The average molecular weight is 168 g/mol. The van der Waals surface area contributed by atoms with Gasteiger partial charge in [0.15, 0.2) is 0 Å². The number of ether oxygens (including phenoxy) is 1. The van der Waals surface area contributed by atoms with E-state index in [4.69, 9.17) is 9.84 Å². The van der Waals surface area contributed by atoms with Crippen LogP contribution in [-0.2, 0) is 0 Å². The third-order valence-corrected chi connectivity index (χ3v) is 1.31. The summed E-state index contributed by atoms with van der Waals surface area (Å²) >= 11 is 0. The minimum atomic E-state index is 0.138. The predicted octanol–water partition coefficient (Wildman–Crippen LogP) is 0.546. The molecule has 0 bridgehead atoms. The second-order valence-corrected chi connectivity index (χ2v) is 2.42. The van der Waals surface area contributed by atoms with Crippen molar-refractivity contribution in [3.8, 4) is 5.88 Å². The number of rotatable bonds is 4. The van der Waals surface area contributed by atoms with E-state index in [1.165, 1.54) is 0 Å². The Balaban J connectivity index is 2.37. The average Bonchev–Trinajstić information content (AvgIpc) is 2.09. The normalized spacial score (nSPS) is 9.83. The first-order chi connectivity index (χ1) is 5.83. The SMILES string of the molecule is Cc1cnc(OCCCO)cn1. The molecular weight excluding hydrogens is 156 g/mol. The third kappa shape index (κ3) is 2.84. The molecule has 0 fully saturated rings. The topological polar surface area (TPSA) is 55.2 Å². The van der Waals surface area contributed by atoms with E-state index in [1.54, 1.807) is 12.4 Å². The largest absolute Gasteiger partial charge is 0.476 e. The van der Waals surface area contributed by atoms with Crippen LogP contribution in [0, 0.1) is 6.92 Å². The van der Waals surface area contributed by atoms with E-state index in [1.807, 2.05) is 6.92 Å².